The molecule has 0 unspecified atom stereocenters. The van der Waals surface area contributed by atoms with Crippen LogP contribution >= 0.6 is 11.3 Å². The molecule has 1 amide bonds. The predicted octanol–water partition coefficient (Wildman–Crippen LogP) is 3.46. The molecule has 0 aliphatic heterocycles. The van der Waals surface area contributed by atoms with Crippen molar-refractivity contribution in [3.63, 3.8) is 0 Å². The van der Waals surface area contributed by atoms with Crippen LogP contribution in [-0.2, 0) is 9.53 Å². The van der Waals surface area contributed by atoms with Crippen LogP contribution in [0.2, 0.25) is 0 Å². The largest absolute Gasteiger partial charge is 0.451 e. The number of carbonyl (C=O) groups is 2. The molecule has 1 fully saturated rings. The van der Waals surface area contributed by atoms with Crippen LogP contribution in [-0.4, -0.2) is 24.0 Å². The Morgan fingerprint density at radius 2 is 2.12 bits per heavy atom. The zero-order valence-electron chi connectivity index (χ0n) is 13.7. The summed E-state index contributed by atoms with van der Waals surface area (Å²) >= 11 is 1.14. The van der Waals surface area contributed by atoms with Crippen LogP contribution in [0.3, 0.4) is 0 Å². The number of amides is 1. The van der Waals surface area contributed by atoms with Crippen LogP contribution < -0.4 is 5.32 Å². The number of fused-ring (bicyclic) bond motifs is 1. The van der Waals surface area contributed by atoms with E-state index >= 15 is 0 Å². The molecule has 1 saturated carbocycles. The molecule has 1 aromatic heterocycles. The van der Waals surface area contributed by atoms with Crippen LogP contribution in [0.15, 0.2) is 18.2 Å². The van der Waals surface area contributed by atoms with Crippen LogP contribution in [0.25, 0.3) is 10.1 Å². The quantitative estimate of drug-likeness (QED) is 0.847. The summed E-state index contributed by atoms with van der Waals surface area (Å²) in [4.78, 5) is 24.6. The lowest BCUT2D eigenvalue weighted by Gasteiger charge is -2.21. The summed E-state index contributed by atoms with van der Waals surface area (Å²) in [5, 5.41) is 12.3. The summed E-state index contributed by atoms with van der Waals surface area (Å²) < 4.78 is 19.6. The Balaban J connectivity index is 1.67. The fourth-order valence-corrected chi connectivity index (χ4v) is 4.31. The molecule has 5 nitrogen and oxygen atoms in total. The molecule has 1 aliphatic rings. The third-order valence-corrected chi connectivity index (χ3v) is 5.71. The van der Waals surface area contributed by atoms with E-state index in [9.17, 15) is 19.2 Å². The number of hydrogen-bond acceptors (Lipinski definition) is 5. The highest BCUT2D eigenvalue weighted by Gasteiger charge is 2.35. The van der Waals surface area contributed by atoms with Gasteiger partial charge in [0.1, 0.15) is 16.2 Å². The molecule has 0 radical (unpaired) electrons. The Labute approximate surface area is 148 Å². The maximum Gasteiger partial charge on any atom is 0.349 e. The maximum absolute atomic E-state index is 13.9. The van der Waals surface area contributed by atoms with Gasteiger partial charge in [-0.15, -0.1) is 11.3 Å². The number of hydrogen-bond donors (Lipinski definition) is 1. The van der Waals surface area contributed by atoms with E-state index in [4.69, 9.17) is 4.74 Å². The van der Waals surface area contributed by atoms with Gasteiger partial charge in [-0.3, -0.25) is 4.79 Å². The van der Waals surface area contributed by atoms with Crippen molar-refractivity contribution in [3.05, 3.63) is 34.5 Å². The Morgan fingerprint density at radius 3 is 2.76 bits per heavy atom. The van der Waals surface area contributed by atoms with Crippen molar-refractivity contribution < 1.29 is 18.7 Å². The SMILES string of the molecule is Cc1c(C(=O)OCC(=O)NC2(C#N)CCCC2)sc2cccc(F)c12. The highest BCUT2D eigenvalue weighted by Crippen LogP contribution is 2.33. The molecule has 1 aliphatic carbocycles. The minimum atomic E-state index is -0.847. The topological polar surface area (TPSA) is 79.2 Å². The normalized spacial score (nSPS) is 15.7. The molecule has 2 aromatic rings. The number of ether oxygens (including phenoxy) is 1. The highest BCUT2D eigenvalue weighted by atomic mass is 32.1. The van der Waals surface area contributed by atoms with Gasteiger partial charge < -0.3 is 10.1 Å². The van der Waals surface area contributed by atoms with Crippen molar-refractivity contribution in [3.8, 4) is 6.07 Å². The molecule has 25 heavy (non-hydrogen) atoms. The van der Waals surface area contributed by atoms with Crippen molar-refractivity contribution in [2.24, 2.45) is 0 Å². The first-order chi connectivity index (χ1) is 12.0. The average molecular weight is 360 g/mol. The van der Waals surface area contributed by atoms with Gasteiger partial charge in [0.05, 0.1) is 6.07 Å². The molecule has 0 saturated heterocycles. The number of benzene rings is 1. The molecule has 130 valence electrons. The summed E-state index contributed by atoms with van der Waals surface area (Å²) in [7, 11) is 0. The lowest BCUT2D eigenvalue weighted by molar-refractivity contribution is -0.125. The van der Waals surface area contributed by atoms with E-state index in [1.807, 2.05) is 0 Å². The maximum atomic E-state index is 13.9. The van der Waals surface area contributed by atoms with Crippen molar-refractivity contribution in [2.45, 2.75) is 38.1 Å². The third-order valence-electron chi connectivity index (χ3n) is 4.47. The summed E-state index contributed by atoms with van der Waals surface area (Å²) in [6.45, 7) is 1.19. The fraction of sp³-hybridized carbons (Fsp3) is 0.389. The molecule has 0 atom stereocenters. The lowest BCUT2D eigenvalue weighted by atomic mass is 10.00. The van der Waals surface area contributed by atoms with E-state index in [1.165, 1.54) is 6.07 Å². The van der Waals surface area contributed by atoms with E-state index in [0.717, 1.165) is 24.2 Å². The number of halogens is 1. The molecule has 0 bridgehead atoms. The van der Waals surface area contributed by atoms with E-state index in [1.54, 1.807) is 19.1 Å². The number of thiophene rings is 1. The van der Waals surface area contributed by atoms with Crippen LogP contribution in [0.1, 0.15) is 40.9 Å². The number of nitrogens with one attached hydrogen (secondary N) is 1. The van der Waals surface area contributed by atoms with Crippen molar-refractivity contribution in [1.82, 2.24) is 5.32 Å². The zero-order valence-corrected chi connectivity index (χ0v) is 14.5. The Bertz CT molecular complexity index is 878. The molecular weight excluding hydrogens is 343 g/mol. The molecule has 1 N–H and O–H groups in total. The summed E-state index contributed by atoms with van der Waals surface area (Å²) in [5.74, 6) is -1.55. The number of rotatable bonds is 4. The van der Waals surface area contributed by atoms with E-state index in [-0.39, 0.29) is 10.7 Å². The van der Waals surface area contributed by atoms with Crippen LogP contribution in [0, 0.1) is 24.1 Å². The predicted molar refractivity (Wildman–Crippen MR) is 91.8 cm³/mol. The summed E-state index contributed by atoms with van der Waals surface area (Å²) in [6.07, 6.45) is 3.00. The molecular formula is C18H17FN2O3S. The first-order valence-electron chi connectivity index (χ1n) is 8.03. The Hall–Kier alpha value is -2.46. The second-order valence-electron chi connectivity index (χ2n) is 6.19. The summed E-state index contributed by atoms with van der Waals surface area (Å²) in [6, 6.07) is 6.80. The van der Waals surface area contributed by atoms with Gasteiger partial charge in [0.2, 0.25) is 0 Å². The van der Waals surface area contributed by atoms with Gasteiger partial charge >= 0.3 is 5.97 Å². The van der Waals surface area contributed by atoms with Gasteiger partial charge in [0, 0.05) is 10.1 Å². The van der Waals surface area contributed by atoms with Gasteiger partial charge in [-0.05, 0) is 50.3 Å². The summed E-state index contributed by atoms with van der Waals surface area (Å²) in [5.41, 5.74) is -0.340. The number of nitriles is 1. The monoisotopic (exact) mass is 360 g/mol. The second kappa shape index (κ2) is 6.81. The van der Waals surface area contributed by atoms with E-state index in [0.29, 0.717) is 28.5 Å². The molecule has 0 spiro atoms. The highest BCUT2D eigenvalue weighted by molar-refractivity contribution is 7.21. The van der Waals surface area contributed by atoms with Crippen molar-refractivity contribution in [2.75, 3.05) is 6.61 Å². The first-order valence-corrected chi connectivity index (χ1v) is 8.84. The minimum Gasteiger partial charge on any atom is -0.451 e. The lowest BCUT2D eigenvalue weighted by Crippen LogP contribution is -2.46. The molecule has 1 heterocycles. The second-order valence-corrected chi connectivity index (χ2v) is 7.25. The smallest absolute Gasteiger partial charge is 0.349 e. The fourth-order valence-electron chi connectivity index (χ4n) is 3.19. The van der Waals surface area contributed by atoms with Gasteiger partial charge in [0.25, 0.3) is 5.91 Å². The average Bonchev–Trinajstić information content (AvgIpc) is 3.19. The van der Waals surface area contributed by atoms with E-state index in [2.05, 4.69) is 11.4 Å². The van der Waals surface area contributed by atoms with Crippen molar-refractivity contribution >= 4 is 33.3 Å². The Kier molecular flexibility index (Phi) is 4.73. The molecule has 7 heteroatoms. The number of nitrogens with zero attached hydrogens (tertiary/aromatic N) is 1. The number of carbonyl (C=O) groups excluding carboxylic acids is 2. The Morgan fingerprint density at radius 1 is 1.40 bits per heavy atom. The van der Waals surface area contributed by atoms with Crippen LogP contribution in [0.4, 0.5) is 4.39 Å². The van der Waals surface area contributed by atoms with Gasteiger partial charge in [0.15, 0.2) is 6.61 Å². The standard InChI is InChI=1S/C18H17FN2O3S/c1-11-15-12(19)5-4-6-13(15)25-16(11)17(23)24-9-14(22)21-18(10-20)7-2-3-8-18/h4-6H,2-3,7-9H2,1H3,(H,21,22). The van der Waals surface area contributed by atoms with Gasteiger partial charge in [-0.1, -0.05) is 6.07 Å². The van der Waals surface area contributed by atoms with E-state index < -0.39 is 24.0 Å². The molecule has 3 rings (SSSR count). The number of aryl methyl sites for hydroxylation is 1. The molecule has 1 aromatic carbocycles. The third kappa shape index (κ3) is 3.35. The zero-order chi connectivity index (χ0) is 18.0. The van der Waals surface area contributed by atoms with Gasteiger partial charge in [-0.25, -0.2) is 9.18 Å². The number of esters is 1. The minimum absolute atomic E-state index is 0.281. The van der Waals surface area contributed by atoms with Gasteiger partial charge in [-0.2, -0.15) is 5.26 Å². The first kappa shape index (κ1) is 17.4. The van der Waals surface area contributed by atoms with Crippen molar-refractivity contribution in [1.29, 1.82) is 5.26 Å². The van der Waals surface area contributed by atoms with Crippen LogP contribution in [0.5, 0.6) is 0 Å².